The van der Waals surface area contributed by atoms with Crippen LogP contribution in [0.25, 0.3) is 0 Å². The number of Topliss-reactive ketones (excluding diaryl/α,β-unsaturated/α-hetero) is 1. The van der Waals surface area contributed by atoms with Gasteiger partial charge in [-0.25, -0.2) is 17.5 Å². The maximum atomic E-state index is 12.6. The molecular formula is C19H21ClN2O6S2. The number of hydrogen-bond donors (Lipinski definition) is 1. The molecule has 8 nitrogen and oxygen atoms in total. The van der Waals surface area contributed by atoms with E-state index in [9.17, 15) is 22.8 Å². The van der Waals surface area contributed by atoms with E-state index in [1.165, 1.54) is 51.4 Å². The third kappa shape index (κ3) is 5.66. The first-order chi connectivity index (χ1) is 13.9. The maximum absolute atomic E-state index is 12.6. The lowest BCUT2D eigenvalue weighted by atomic mass is 10.2. The van der Waals surface area contributed by atoms with Crippen LogP contribution >= 0.6 is 22.9 Å². The molecule has 0 saturated heterocycles. The van der Waals surface area contributed by atoms with Crippen LogP contribution in [0, 0.1) is 0 Å². The number of sulfonamides is 1. The smallest absolute Gasteiger partial charge is 0.338 e. The highest BCUT2D eigenvalue weighted by molar-refractivity contribution is 7.89. The Hall–Kier alpha value is -2.27. The minimum Gasteiger partial charge on any atom is -0.451 e. The number of carbonyl (C=O) groups is 3. The molecule has 1 atom stereocenters. The van der Waals surface area contributed by atoms with Crippen molar-refractivity contribution in [3.8, 4) is 0 Å². The minimum atomic E-state index is -3.86. The molecule has 11 heteroatoms. The lowest BCUT2D eigenvalue weighted by Gasteiger charge is -2.15. The van der Waals surface area contributed by atoms with Crippen LogP contribution in [-0.2, 0) is 26.1 Å². The van der Waals surface area contributed by atoms with Crippen molar-refractivity contribution in [3.63, 3.8) is 0 Å². The molecule has 0 radical (unpaired) electrons. The number of esters is 1. The van der Waals surface area contributed by atoms with Crippen LogP contribution in [-0.4, -0.2) is 50.6 Å². The molecule has 2 aromatic rings. The maximum Gasteiger partial charge on any atom is 0.338 e. The van der Waals surface area contributed by atoms with E-state index in [4.69, 9.17) is 16.3 Å². The molecule has 162 valence electrons. The molecule has 0 fully saturated rings. The second-order valence-corrected chi connectivity index (χ2v) is 10.2. The molecule has 0 bridgehead atoms. The Bertz CT molecular complexity index is 1080. The number of carbonyl (C=O) groups excluding carboxylic acids is 3. The van der Waals surface area contributed by atoms with E-state index in [1.807, 2.05) is 0 Å². The predicted molar refractivity (Wildman–Crippen MR) is 113 cm³/mol. The summed E-state index contributed by atoms with van der Waals surface area (Å²) in [5.74, 6) is -1.44. The standard InChI is InChI=1S/C19H21ClN2O6S2/c1-11(18(24)16-8-6-14(29-16)10-21-12(2)23)28-19(25)13-5-7-15(20)17(9-13)30(26,27)22(3)4/h5-9,11H,10H2,1-4H3,(H,21,23). The molecular weight excluding hydrogens is 452 g/mol. The Balaban J connectivity index is 2.14. The summed E-state index contributed by atoms with van der Waals surface area (Å²) in [6.45, 7) is 3.13. The van der Waals surface area contributed by atoms with Gasteiger partial charge in [0, 0.05) is 25.9 Å². The van der Waals surface area contributed by atoms with Crippen molar-refractivity contribution < 1.29 is 27.5 Å². The quantitative estimate of drug-likeness (QED) is 0.467. The van der Waals surface area contributed by atoms with Crippen molar-refractivity contribution in [2.75, 3.05) is 14.1 Å². The first kappa shape index (κ1) is 24.0. The molecule has 0 saturated carbocycles. The molecule has 0 aliphatic carbocycles. The highest BCUT2D eigenvalue weighted by atomic mass is 35.5. The predicted octanol–water partition coefficient (Wildman–Crippen LogP) is 2.72. The van der Waals surface area contributed by atoms with Gasteiger partial charge in [0.05, 0.1) is 22.0 Å². The van der Waals surface area contributed by atoms with Crippen molar-refractivity contribution in [3.05, 3.63) is 50.7 Å². The third-order valence-corrected chi connectivity index (χ3v) is 7.39. The molecule has 0 spiro atoms. The van der Waals surface area contributed by atoms with Crippen molar-refractivity contribution >= 4 is 50.6 Å². The second kappa shape index (κ2) is 9.69. The Labute approximate surface area is 183 Å². The van der Waals surface area contributed by atoms with E-state index in [2.05, 4.69) is 5.32 Å². The normalized spacial score (nSPS) is 12.5. The molecule has 1 aromatic heterocycles. The van der Waals surface area contributed by atoms with Gasteiger partial charge in [-0.05, 0) is 37.3 Å². The lowest BCUT2D eigenvalue weighted by Crippen LogP contribution is -2.25. The zero-order chi connectivity index (χ0) is 22.6. The van der Waals surface area contributed by atoms with Crippen LogP contribution in [0.15, 0.2) is 35.2 Å². The number of nitrogens with one attached hydrogen (secondary N) is 1. The number of ether oxygens (including phenoxy) is 1. The molecule has 1 unspecified atom stereocenters. The lowest BCUT2D eigenvalue weighted by molar-refractivity contribution is -0.119. The highest BCUT2D eigenvalue weighted by Gasteiger charge is 2.25. The summed E-state index contributed by atoms with van der Waals surface area (Å²) in [5, 5.41) is 2.61. The summed E-state index contributed by atoms with van der Waals surface area (Å²) in [6.07, 6.45) is -1.09. The first-order valence-corrected chi connectivity index (χ1v) is 11.4. The van der Waals surface area contributed by atoms with Crippen LogP contribution in [0.3, 0.4) is 0 Å². The van der Waals surface area contributed by atoms with Gasteiger partial charge in [0.1, 0.15) is 4.90 Å². The van der Waals surface area contributed by atoms with Gasteiger partial charge in [-0.1, -0.05) is 11.6 Å². The zero-order valence-electron chi connectivity index (χ0n) is 16.8. The second-order valence-electron chi connectivity index (χ2n) is 6.52. The molecule has 30 heavy (non-hydrogen) atoms. The highest BCUT2D eigenvalue weighted by Crippen LogP contribution is 2.26. The van der Waals surface area contributed by atoms with Crippen molar-refractivity contribution in [1.82, 2.24) is 9.62 Å². The van der Waals surface area contributed by atoms with Gasteiger partial charge in [-0.3, -0.25) is 9.59 Å². The number of halogens is 1. The minimum absolute atomic E-state index is 0.0327. The summed E-state index contributed by atoms with van der Waals surface area (Å²) < 4.78 is 30.9. The monoisotopic (exact) mass is 472 g/mol. The van der Waals surface area contributed by atoms with Crippen LogP contribution in [0.2, 0.25) is 5.02 Å². The summed E-state index contributed by atoms with van der Waals surface area (Å²) in [4.78, 5) is 36.9. The number of thiophene rings is 1. The van der Waals surface area contributed by atoms with E-state index in [1.54, 1.807) is 12.1 Å². The summed E-state index contributed by atoms with van der Waals surface area (Å²) >= 11 is 7.16. The third-order valence-electron chi connectivity index (χ3n) is 3.99. The largest absolute Gasteiger partial charge is 0.451 e. The molecule has 0 aliphatic heterocycles. The van der Waals surface area contributed by atoms with Crippen LogP contribution in [0.5, 0.6) is 0 Å². The van der Waals surface area contributed by atoms with E-state index >= 15 is 0 Å². The van der Waals surface area contributed by atoms with E-state index in [0.717, 1.165) is 15.2 Å². The zero-order valence-corrected chi connectivity index (χ0v) is 19.2. The van der Waals surface area contributed by atoms with Crippen molar-refractivity contribution in [2.24, 2.45) is 0 Å². The number of amides is 1. The van der Waals surface area contributed by atoms with Gasteiger partial charge in [-0.15, -0.1) is 11.3 Å². The van der Waals surface area contributed by atoms with Gasteiger partial charge >= 0.3 is 5.97 Å². The molecule has 1 aromatic carbocycles. The Kier molecular flexibility index (Phi) is 7.75. The average molecular weight is 473 g/mol. The number of benzene rings is 1. The van der Waals surface area contributed by atoms with E-state index in [-0.39, 0.29) is 21.4 Å². The SMILES string of the molecule is CC(=O)NCc1ccc(C(=O)C(C)OC(=O)c2ccc(Cl)c(S(=O)(=O)N(C)C)c2)s1. The summed E-state index contributed by atoms with van der Waals surface area (Å²) in [7, 11) is -1.17. The molecule has 0 aliphatic rings. The number of ketones is 1. The summed E-state index contributed by atoms with van der Waals surface area (Å²) in [6, 6.07) is 7.04. The number of rotatable bonds is 8. The fraction of sp³-hybridized carbons (Fsp3) is 0.316. The fourth-order valence-electron chi connectivity index (χ4n) is 2.32. The Morgan fingerprint density at radius 2 is 1.87 bits per heavy atom. The van der Waals surface area contributed by atoms with E-state index in [0.29, 0.717) is 11.4 Å². The van der Waals surface area contributed by atoms with Crippen LogP contribution < -0.4 is 5.32 Å². The van der Waals surface area contributed by atoms with Gasteiger partial charge in [0.15, 0.2) is 6.10 Å². The first-order valence-electron chi connectivity index (χ1n) is 8.74. The molecule has 1 heterocycles. The molecule has 2 rings (SSSR count). The van der Waals surface area contributed by atoms with Crippen LogP contribution in [0.4, 0.5) is 0 Å². The topological polar surface area (TPSA) is 110 Å². The van der Waals surface area contributed by atoms with Crippen LogP contribution in [0.1, 0.15) is 38.8 Å². The number of nitrogens with zero attached hydrogens (tertiary/aromatic N) is 1. The molecule has 1 N–H and O–H groups in total. The van der Waals surface area contributed by atoms with Gasteiger partial charge < -0.3 is 10.1 Å². The van der Waals surface area contributed by atoms with E-state index < -0.39 is 27.9 Å². The van der Waals surface area contributed by atoms with Crippen molar-refractivity contribution in [1.29, 1.82) is 0 Å². The number of hydrogen-bond acceptors (Lipinski definition) is 7. The van der Waals surface area contributed by atoms with Gasteiger partial charge in [0.25, 0.3) is 0 Å². The van der Waals surface area contributed by atoms with Gasteiger partial charge in [0.2, 0.25) is 21.7 Å². The Morgan fingerprint density at radius 3 is 2.47 bits per heavy atom. The Morgan fingerprint density at radius 1 is 1.20 bits per heavy atom. The fourth-order valence-corrected chi connectivity index (χ4v) is 4.68. The molecule has 1 amide bonds. The average Bonchev–Trinajstić information content (AvgIpc) is 3.14. The summed E-state index contributed by atoms with van der Waals surface area (Å²) in [5.41, 5.74) is -0.0444. The van der Waals surface area contributed by atoms with Gasteiger partial charge in [-0.2, -0.15) is 0 Å². The van der Waals surface area contributed by atoms with Crippen molar-refractivity contribution in [2.45, 2.75) is 31.4 Å².